The molecule has 0 aliphatic heterocycles. The molecule has 0 fully saturated rings. The maximum absolute atomic E-state index is 13.8. The molecule has 4 nitrogen and oxygen atoms in total. The molecule has 0 amide bonds. The molecule has 2 aromatic heterocycles. The molecule has 0 bridgehead atoms. The van der Waals surface area contributed by atoms with Crippen molar-refractivity contribution in [3.05, 3.63) is 53.9 Å². The summed E-state index contributed by atoms with van der Waals surface area (Å²) in [6.07, 6.45) is -2.65. The third-order valence-electron chi connectivity index (χ3n) is 3.32. The van der Waals surface area contributed by atoms with Crippen LogP contribution >= 0.6 is 0 Å². The number of hydrogen-bond acceptors (Lipinski definition) is 3. The first kappa shape index (κ1) is 16.0. The largest absolute Gasteiger partial charge is 0.417 e. The van der Waals surface area contributed by atoms with Crippen LogP contribution in [0.15, 0.2) is 36.7 Å². The number of rotatable bonds is 2. The zero-order valence-corrected chi connectivity index (χ0v) is 12.1. The van der Waals surface area contributed by atoms with Gasteiger partial charge in [0, 0.05) is 25.0 Å². The second-order valence-electron chi connectivity index (χ2n) is 4.90. The van der Waals surface area contributed by atoms with Crippen molar-refractivity contribution in [2.75, 3.05) is 0 Å². The van der Waals surface area contributed by atoms with Crippen LogP contribution in [0.3, 0.4) is 0 Å². The number of halogens is 5. The highest BCUT2D eigenvalue weighted by Gasteiger charge is 2.35. The van der Waals surface area contributed by atoms with Crippen molar-refractivity contribution in [1.82, 2.24) is 19.7 Å². The third-order valence-corrected chi connectivity index (χ3v) is 3.32. The minimum Gasteiger partial charge on any atom is -0.264 e. The first-order valence-electron chi connectivity index (χ1n) is 6.66. The monoisotopic (exact) mass is 340 g/mol. The molecule has 0 saturated carbocycles. The van der Waals surface area contributed by atoms with Gasteiger partial charge < -0.3 is 0 Å². The summed E-state index contributed by atoms with van der Waals surface area (Å²) in [5, 5.41) is 3.83. The molecule has 0 aliphatic carbocycles. The van der Waals surface area contributed by atoms with Crippen molar-refractivity contribution in [3.8, 4) is 22.8 Å². The number of pyridine rings is 1. The van der Waals surface area contributed by atoms with Crippen LogP contribution in [0.4, 0.5) is 22.0 Å². The zero-order chi connectivity index (χ0) is 17.5. The summed E-state index contributed by atoms with van der Waals surface area (Å²) >= 11 is 0. The summed E-state index contributed by atoms with van der Waals surface area (Å²) in [4.78, 5) is 7.54. The molecule has 0 atom stereocenters. The van der Waals surface area contributed by atoms with Crippen LogP contribution in [0.25, 0.3) is 22.8 Å². The van der Waals surface area contributed by atoms with E-state index in [0.717, 1.165) is 35.3 Å². The number of nitrogens with zero attached hydrogens (tertiary/aromatic N) is 4. The Labute approximate surface area is 132 Å². The summed E-state index contributed by atoms with van der Waals surface area (Å²) in [5.74, 6) is -2.36. The maximum Gasteiger partial charge on any atom is 0.417 e. The Morgan fingerprint density at radius 1 is 1.04 bits per heavy atom. The molecule has 0 N–H and O–H groups in total. The molecule has 9 heteroatoms. The van der Waals surface area contributed by atoms with Gasteiger partial charge in [-0.15, -0.1) is 0 Å². The summed E-state index contributed by atoms with van der Waals surface area (Å²) in [7, 11) is 1.33. The molecule has 3 aromatic rings. The van der Waals surface area contributed by atoms with E-state index in [9.17, 15) is 22.0 Å². The second kappa shape index (κ2) is 5.66. The van der Waals surface area contributed by atoms with E-state index in [-0.39, 0.29) is 17.2 Å². The molecule has 124 valence electrons. The number of hydrogen-bond donors (Lipinski definition) is 0. The highest BCUT2D eigenvalue weighted by atomic mass is 19.4. The van der Waals surface area contributed by atoms with Gasteiger partial charge in [0.15, 0.2) is 11.6 Å². The SMILES string of the molecule is Cn1nc(-c2c(F)cccc2F)nc1-c1cnccc1C(F)(F)F. The van der Waals surface area contributed by atoms with Gasteiger partial charge in [-0.2, -0.15) is 18.3 Å². The Kier molecular flexibility index (Phi) is 3.78. The molecule has 1 aromatic carbocycles. The van der Waals surface area contributed by atoms with E-state index in [1.807, 2.05) is 0 Å². The molecule has 0 unspecified atom stereocenters. The molecule has 2 heterocycles. The van der Waals surface area contributed by atoms with Gasteiger partial charge in [0.1, 0.15) is 11.6 Å². The van der Waals surface area contributed by atoms with Crippen molar-refractivity contribution in [2.45, 2.75) is 6.18 Å². The highest BCUT2D eigenvalue weighted by Crippen LogP contribution is 2.36. The third kappa shape index (κ3) is 2.72. The van der Waals surface area contributed by atoms with Crippen LogP contribution in [0.5, 0.6) is 0 Å². The van der Waals surface area contributed by atoms with Crippen molar-refractivity contribution in [3.63, 3.8) is 0 Å². The minimum atomic E-state index is -4.63. The number of aromatic nitrogens is 4. The first-order valence-corrected chi connectivity index (χ1v) is 6.66. The van der Waals surface area contributed by atoms with Crippen LogP contribution in [-0.2, 0) is 13.2 Å². The van der Waals surface area contributed by atoms with Crippen LogP contribution < -0.4 is 0 Å². The van der Waals surface area contributed by atoms with E-state index in [0.29, 0.717) is 0 Å². The fourth-order valence-corrected chi connectivity index (χ4v) is 2.26. The summed E-state index contributed by atoms with van der Waals surface area (Å²) in [6, 6.07) is 3.99. The lowest BCUT2D eigenvalue weighted by Gasteiger charge is -2.10. The smallest absolute Gasteiger partial charge is 0.264 e. The van der Waals surface area contributed by atoms with E-state index < -0.39 is 28.9 Å². The Morgan fingerprint density at radius 2 is 1.71 bits per heavy atom. The van der Waals surface area contributed by atoms with E-state index >= 15 is 0 Å². The average molecular weight is 340 g/mol. The lowest BCUT2D eigenvalue weighted by atomic mass is 10.1. The molecular weight excluding hydrogens is 331 g/mol. The summed E-state index contributed by atoms with van der Waals surface area (Å²) in [6.45, 7) is 0. The van der Waals surface area contributed by atoms with Gasteiger partial charge in [0.25, 0.3) is 0 Å². The van der Waals surface area contributed by atoms with Gasteiger partial charge in [0.2, 0.25) is 0 Å². The van der Waals surface area contributed by atoms with Crippen molar-refractivity contribution in [1.29, 1.82) is 0 Å². The van der Waals surface area contributed by atoms with Gasteiger partial charge in [-0.1, -0.05) is 6.07 Å². The Balaban J connectivity index is 2.19. The molecule has 0 spiro atoms. The van der Waals surface area contributed by atoms with E-state index in [4.69, 9.17) is 0 Å². The Hall–Kier alpha value is -2.84. The van der Waals surface area contributed by atoms with Crippen LogP contribution in [-0.4, -0.2) is 19.7 Å². The van der Waals surface area contributed by atoms with Gasteiger partial charge in [0.05, 0.1) is 11.1 Å². The molecular formula is C15H9F5N4. The van der Waals surface area contributed by atoms with Crippen LogP contribution in [0.1, 0.15) is 5.56 Å². The fourth-order valence-electron chi connectivity index (χ4n) is 2.26. The molecule has 0 radical (unpaired) electrons. The zero-order valence-electron chi connectivity index (χ0n) is 12.1. The second-order valence-corrected chi connectivity index (χ2v) is 4.90. The lowest BCUT2D eigenvalue weighted by molar-refractivity contribution is -0.137. The predicted octanol–water partition coefficient (Wildman–Crippen LogP) is 3.84. The predicted molar refractivity (Wildman–Crippen MR) is 74.6 cm³/mol. The van der Waals surface area contributed by atoms with Gasteiger partial charge in [-0.25, -0.2) is 18.4 Å². The van der Waals surface area contributed by atoms with Crippen LogP contribution in [0, 0.1) is 11.6 Å². The van der Waals surface area contributed by atoms with Crippen molar-refractivity contribution in [2.24, 2.45) is 7.05 Å². The normalized spacial score (nSPS) is 11.8. The van der Waals surface area contributed by atoms with Gasteiger partial charge >= 0.3 is 6.18 Å². The van der Waals surface area contributed by atoms with Gasteiger partial charge in [-0.3, -0.25) is 4.98 Å². The van der Waals surface area contributed by atoms with Crippen molar-refractivity contribution >= 4 is 0 Å². The number of benzene rings is 1. The number of aryl methyl sites for hydroxylation is 1. The molecule has 24 heavy (non-hydrogen) atoms. The van der Waals surface area contributed by atoms with E-state index in [2.05, 4.69) is 15.1 Å². The highest BCUT2D eigenvalue weighted by molar-refractivity contribution is 5.64. The quantitative estimate of drug-likeness (QED) is 0.666. The van der Waals surface area contributed by atoms with Gasteiger partial charge in [-0.05, 0) is 18.2 Å². The lowest BCUT2D eigenvalue weighted by Crippen LogP contribution is -2.09. The van der Waals surface area contributed by atoms with E-state index in [1.54, 1.807) is 0 Å². The molecule has 3 rings (SSSR count). The van der Waals surface area contributed by atoms with E-state index in [1.165, 1.54) is 13.1 Å². The molecule has 0 aliphatic rings. The van der Waals surface area contributed by atoms with Crippen molar-refractivity contribution < 1.29 is 22.0 Å². The average Bonchev–Trinajstić information content (AvgIpc) is 2.87. The number of alkyl halides is 3. The Morgan fingerprint density at radius 3 is 2.33 bits per heavy atom. The first-order chi connectivity index (χ1) is 11.3. The standard InChI is InChI=1S/C15H9F5N4/c1-24-14(8-7-21-6-5-9(8)15(18,19)20)22-13(23-24)12-10(16)3-2-4-11(12)17/h2-7H,1H3. The van der Waals surface area contributed by atoms with Crippen LogP contribution in [0.2, 0.25) is 0 Å². The summed E-state index contributed by atoms with van der Waals surface area (Å²) < 4.78 is 68.0. The Bertz CT molecular complexity index is 881. The molecule has 0 saturated heterocycles. The summed E-state index contributed by atoms with van der Waals surface area (Å²) in [5.41, 5.74) is -1.80. The maximum atomic E-state index is 13.8. The fraction of sp³-hybridized carbons (Fsp3) is 0.133. The minimum absolute atomic E-state index is 0.201. The topological polar surface area (TPSA) is 43.6 Å².